The normalized spacial score (nSPS) is 15.6. The number of nitrogens with zero attached hydrogens (tertiary/aromatic N) is 4. The highest BCUT2D eigenvalue weighted by Crippen LogP contribution is 2.27. The summed E-state index contributed by atoms with van der Waals surface area (Å²) in [4.78, 5) is 0.311. The van der Waals surface area contributed by atoms with E-state index < -0.39 is 10.0 Å². The van der Waals surface area contributed by atoms with Gasteiger partial charge in [0.2, 0.25) is 10.0 Å². The van der Waals surface area contributed by atoms with E-state index in [0.29, 0.717) is 55.1 Å². The number of furan rings is 1. The summed E-state index contributed by atoms with van der Waals surface area (Å²) in [6.07, 6.45) is 1.61. The van der Waals surface area contributed by atoms with E-state index in [9.17, 15) is 8.42 Å². The van der Waals surface area contributed by atoms with Crippen LogP contribution in [-0.2, 0) is 27.1 Å². The molecule has 0 N–H and O–H groups in total. The van der Waals surface area contributed by atoms with E-state index in [2.05, 4.69) is 10.2 Å². The first-order valence-corrected chi connectivity index (χ1v) is 11.8. The third-order valence-electron chi connectivity index (χ3n) is 4.65. The van der Waals surface area contributed by atoms with Crippen molar-refractivity contribution >= 4 is 21.8 Å². The Hall–Kier alpha value is -2.14. The van der Waals surface area contributed by atoms with Crippen LogP contribution < -0.4 is 0 Å². The van der Waals surface area contributed by atoms with Crippen LogP contribution in [0.2, 0.25) is 0 Å². The third kappa shape index (κ3) is 4.25. The van der Waals surface area contributed by atoms with Crippen LogP contribution >= 0.6 is 11.8 Å². The minimum atomic E-state index is -3.51. The minimum Gasteiger partial charge on any atom is -0.461 e. The highest BCUT2D eigenvalue weighted by Gasteiger charge is 2.26. The van der Waals surface area contributed by atoms with Gasteiger partial charge in [-0.1, -0.05) is 23.9 Å². The molecule has 1 aromatic carbocycles. The number of morpholine rings is 1. The van der Waals surface area contributed by atoms with E-state index >= 15 is 0 Å². The van der Waals surface area contributed by atoms with Gasteiger partial charge in [-0.2, -0.15) is 4.31 Å². The Morgan fingerprint density at radius 1 is 1.14 bits per heavy atom. The molecule has 4 rings (SSSR count). The molecule has 1 saturated heterocycles. The molecule has 1 aliphatic heterocycles. The number of aromatic nitrogens is 3. The Morgan fingerprint density at radius 3 is 2.69 bits per heavy atom. The molecule has 0 unspecified atom stereocenters. The largest absolute Gasteiger partial charge is 0.461 e. The summed E-state index contributed by atoms with van der Waals surface area (Å²) in [6.45, 7) is 4.36. The first kappa shape index (κ1) is 20.1. The lowest BCUT2D eigenvalue weighted by Gasteiger charge is -2.26. The summed E-state index contributed by atoms with van der Waals surface area (Å²) in [7, 11) is -3.51. The molecule has 0 saturated carbocycles. The van der Waals surface area contributed by atoms with Gasteiger partial charge in [0.05, 0.1) is 24.4 Å². The third-order valence-corrected chi connectivity index (χ3v) is 7.58. The molecule has 0 amide bonds. The Kier molecular flexibility index (Phi) is 6.04. The number of sulfonamides is 1. The predicted molar refractivity (Wildman–Crippen MR) is 109 cm³/mol. The zero-order valence-corrected chi connectivity index (χ0v) is 17.7. The maximum absolute atomic E-state index is 12.9. The van der Waals surface area contributed by atoms with E-state index in [1.165, 1.54) is 16.1 Å². The van der Waals surface area contributed by atoms with Crippen molar-refractivity contribution in [2.24, 2.45) is 0 Å². The predicted octanol–water partition coefficient (Wildman–Crippen LogP) is 2.87. The molecule has 10 heteroatoms. The Labute approximate surface area is 173 Å². The van der Waals surface area contributed by atoms with Gasteiger partial charge in [0.15, 0.2) is 16.7 Å². The molecule has 3 aromatic rings. The van der Waals surface area contributed by atoms with E-state index in [0.717, 1.165) is 10.7 Å². The second-order valence-corrected chi connectivity index (χ2v) is 9.36. The fourth-order valence-electron chi connectivity index (χ4n) is 3.15. The topological polar surface area (TPSA) is 90.5 Å². The van der Waals surface area contributed by atoms with Crippen molar-refractivity contribution in [1.29, 1.82) is 0 Å². The monoisotopic (exact) mass is 434 g/mol. The molecule has 0 bridgehead atoms. The van der Waals surface area contributed by atoms with Crippen LogP contribution in [0.3, 0.4) is 0 Å². The highest BCUT2D eigenvalue weighted by molar-refractivity contribution is 7.98. The van der Waals surface area contributed by atoms with Crippen LogP contribution in [0, 0.1) is 0 Å². The zero-order chi connectivity index (χ0) is 20.3. The molecular formula is C19H22N4O4S2. The summed E-state index contributed by atoms with van der Waals surface area (Å²) in [5.74, 6) is 1.94. The van der Waals surface area contributed by atoms with Gasteiger partial charge in [0.25, 0.3) is 0 Å². The van der Waals surface area contributed by atoms with Crippen LogP contribution in [0.4, 0.5) is 0 Å². The van der Waals surface area contributed by atoms with Crippen molar-refractivity contribution in [1.82, 2.24) is 19.1 Å². The SMILES string of the molecule is CCn1c(SCc2cccc(S(=O)(=O)N3CCOCC3)c2)nnc1-c1ccco1. The fraction of sp³-hybridized carbons (Fsp3) is 0.368. The molecule has 2 aromatic heterocycles. The standard InChI is InChI=1S/C19H22N4O4S2/c1-2-23-18(17-7-4-10-27-17)20-21-19(23)28-14-15-5-3-6-16(13-15)29(24,25)22-8-11-26-12-9-22/h3-7,10,13H,2,8-9,11-12,14H2,1H3. The first-order valence-electron chi connectivity index (χ1n) is 9.36. The maximum Gasteiger partial charge on any atom is 0.243 e. The summed E-state index contributed by atoms with van der Waals surface area (Å²) in [5, 5.41) is 9.29. The van der Waals surface area contributed by atoms with Gasteiger partial charge < -0.3 is 9.15 Å². The molecule has 0 radical (unpaired) electrons. The Bertz CT molecular complexity index is 1060. The van der Waals surface area contributed by atoms with Crippen molar-refractivity contribution in [3.63, 3.8) is 0 Å². The molecule has 1 aliphatic rings. The lowest BCUT2D eigenvalue weighted by molar-refractivity contribution is 0.0730. The van der Waals surface area contributed by atoms with E-state index in [4.69, 9.17) is 9.15 Å². The van der Waals surface area contributed by atoms with Crippen LogP contribution in [0.15, 0.2) is 57.1 Å². The van der Waals surface area contributed by atoms with Crippen LogP contribution in [0.25, 0.3) is 11.6 Å². The van der Waals surface area contributed by atoms with Gasteiger partial charge >= 0.3 is 0 Å². The number of benzene rings is 1. The molecular weight excluding hydrogens is 412 g/mol. The first-order chi connectivity index (χ1) is 14.1. The second kappa shape index (κ2) is 8.70. The average Bonchev–Trinajstić information content (AvgIpc) is 3.42. The molecule has 0 atom stereocenters. The lowest BCUT2D eigenvalue weighted by Crippen LogP contribution is -2.40. The van der Waals surface area contributed by atoms with Gasteiger partial charge in [-0.3, -0.25) is 4.57 Å². The van der Waals surface area contributed by atoms with Crippen LogP contribution in [-0.4, -0.2) is 53.8 Å². The van der Waals surface area contributed by atoms with Crippen molar-refractivity contribution in [3.05, 3.63) is 48.2 Å². The van der Waals surface area contributed by atoms with Crippen molar-refractivity contribution < 1.29 is 17.6 Å². The molecule has 29 heavy (non-hydrogen) atoms. The number of ether oxygens (including phenoxy) is 1. The lowest BCUT2D eigenvalue weighted by atomic mass is 10.2. The van der Waals surface area contributed by atoms with Gasteiger partial charge in [0.1, 0.15) is 0 Å². The summed E-state index contributed by atoms with van der Waals surface area (Å²) in [5.41, 5.74) is 0.912. The zero-order valence-electron chi connectivity index (χ0n) is 16.0. The second-order valence-electron chi connectivity index (χ2n) is 6.48. The number of hydrogen-bond acceptors (Lipinski definition) is 7. The number of thioether (sulfide) groups is 1. The number of hydrogen-bond donors (Lipinski definition) is 0. The average molecular weight is 435 g/mol. The molecule has 1 fully saturated rings. The van der Waals surface area contributed by atoms with E-state index in [1.54, 1.807) is 24.5 Å². The molecule has 3 heterocycles. The summed E-state index contributed by atoms with van der Waals surface area (Å²) >= 11 is 1.52. The van der Waals surface area contributed by atoms with Gasteiger partial charge in [-0.25, -0.2) is 8.42 Å². The summed E-state index contributed by atoms with van der Waals surface area (Å²) in [6, 6.07) is 10.7. The van der Waals surface area contributed by atoms with Crippen molar-refractivity contribution in [3.8, 4) is 11.6 Å². The molecule has 8 nitrogen and oxygen atoms in total. The molecule has 154 valence electrons. The minimum absolute atomic E-state index is 0.311. The van der Waals surface area contributed by atoms with Gasteiger partial charge in [-0.15, -0.1) is 10.2 Å². The Balaban J connectivity index is 1.51. The van der Waals surface area contributed by atoms with Crippen LogP contribution in [0.1, 0.15) is 12.5 Å². The highest BCUT2D eigenvalue weighted by atomic mass is 32.2. The van der Waals surface area contributed by atoms with Crippen LogP contribution in [0.5, 0.6) is 0 Å². The fourth-order valence-corrected chi connectivity index (χ4v) is 5.57. The van der Waals surface area contributed by atoms with E-state index in [-0.39, 0.29) is 0 Å². The maximum atomic E-state index is 12.9. The van der Waals surface area contributed by atoms with Gasteiger partial charge in [-0.05, 0) is 36.8 Å². The van der Waals surface area contributed by atoms with Crippen molar-refractivity contribution in [2.75, 3.05) is 26.3 Å². The summed E-state index contributed by atoms with van der Waals surface area (Å²) < 4.78 is 39.9. The molecule has 0 spiro atoms. The van der Waals surface area contributed by atoms with E-state index in [1.807, 2.05) is 29.7 Å². The Morgan fingerprint density at radius 2 is 1.97 bits per heavy atom. The quantitative estimate of drug-likeness (QED) is 0.528. The molecule has 0 aliphatic carbocycles. The smallest absolute Gasteiger partial charge is 0.243 e. The number of rotatable bonds is 7. The van der Waals surface area contributed by atoms with Crippen molar-refractivity contribution in [2.45, 2.75) is 29.3 Å². The van der Waals surface area contributed by atoms with Gasteiger partial charge in [0, 0.05) is 25.4 Å².